The zero-order valence-electron chi connectivity index (χ0n) is 19.7. The zero-order chi connectivity index (χ0) is 25.4. The van der Waals surface area contributed by atoms with Crippen molar-refractivity contribution < 1.29 is 18.1 Å². The summed E-state index contributed by atoms with van der Waals surface area (Å²) in [6.07, 6.45) is 3.07. The second-order valence-corrected chi connectivity index (χ2v) is 8.90. The molecule has 4 N–H and O–H groups in total. The van der Waals surface area contributed by atoms with Gasteiger partial charge in [-0.15, -0.1) is 0 Å². The topological polar surface area (TPSA) is 108 Å². The second-order valence-electron chi connectivity index (χ2n) is 8.90. The predicted molar refractivity (Wildman–Crippen MR) is 137 cm³/mol. The lowest BCUT2D eigenvalue weighted by Crippen LogP contribution is -2.30. The highest BCUT2D eigenvalue weighted by Crippen LogP contribution is 2.36. The molecule has 1 fully saturated rings. The second kappa shape index (κ2) is 9.41. The minimum absolute atomic E-state index is 0.0337. The van der Waals surface area contributed by atoms with Gasteiger partial charge in [-0.2, -0.15) is 0 Å². The van der Waals surface area contributed by atoms with Crippen LogP contribution in [0.2, 0.25) is 0 Å². The van der Waals surface area contributed by atoms with E-state index in [9.17, 15) is 4.79 Å². The lowest BCUT2D eigenvalue weighted by atomic mass is 9.98. The maximum atomic E-state index is 15.9. The molecule has 0 saturated carbocycles. The number of nitrogens with one attached hydrogen (secondary N) is 2. The predicted octanol–water partition coefficient (Wildman–Crippen LogP) is 6.39. The van der Waals surface area contributed by atoms with Crippen LogP contribution in [0, 0.1) is 17.0 Å². The van der Waals surface area contributed by atoms with Gasteiger partial charge in [-0.05, 0) is 56.2 Å². The SMILES string of the molecule is CC(=N)c1ccc(-c2ccc(N3CCCCCC3=O)cc2F)c(F)c1Nc1ccc2onc(N)c2c1. The minimum Gasteiger partial charge on any atom is -0.380 e. The largest absolute Gasteiger partial charge is 0.380 e. The van der Waals surface area contributed by atoms with Crippen LogP contribution in [0.4, 0.5) is 31.7 Å². The quantitative estimate of drug-likeness (QED) is 0.281. The molecule has 0 atom stereocenters. The van der Waals surface area contributed by atoms with E-state index in [0.29, 0.717) is 40.9 Å². The fourth-order valence-corrected chi connectivity index (χ4v) is 4.54. The molecular weight excluding hydrogens is 464 g/mol. The van der Waals surface area contributed by atoms with Gasteiger partial charge < -0.3 is 25.9 Å². The molecule has 184 valence electrons. The maximum Gasteiger partial charge on any atom is 0.226 e. The molecule has 1 amide bonds. The van der Waals surface area contributed by atoms with Crippen molar-refractivity contribution in [1.82, 2.24) is 5.16 Å². The van der Waals surface area contributed by atoms with Gasteiger partial charge in [0.15, 0.2) is 17.2 Å². The van der Waals surface area contributed by atoms with Gasteiger partial charge in [-0.3, -0.25) is 4.79 Å². The maximum absolute atomic E-state index is 15.9. The summed E-state index contributed by atoms with van der Waals surface area (Å²) in [5.74, 6) is -1.16. The number of nitrogen functional groups attached to an aromatic ring is 1. The van der Waals surface area contributed by atoms with E-state index in [0.717, 1.165) is 19.3 Å². The van der Waals surface area contributed by atoms with Gasteiger partial charge in [0, 0.05) is 46.7 Å². The van der Waals surface area contributed by atoms with Crippen LogP contribution < -0.4 is 16.0 Å². The first-order valence-electron chi connectivity index (χ1n) is 11.7. The van der Waals surface area contributed by atoms with E-state index in [1.807, 2.05) is 0 Å². The Morgan fingerprint density at radius 1 is 1.08 bits per heavy atom. The van der Waals surface area contributed by atoms with Crippen molar-refractivity contribution in [3.05, 3.63) is 65.7 Å². The van der Waals surface area contributed by atoms with Gasteiger partial charge in [-0.25, -0.2) is 8.78 Å². The van der Waals surface area contributed by atoms with E-state index in [4.69, 9.17) is 15.7 Å². The average Bonchev–Trinajstić information content (AvgIpc) is 3.08. The molecule has 5 rings (SSSR count). The highest BCUT2D eigenvalue weighted by atomic mass is 19.1. The Hall–Kier alpha value is -4.27. The van der Waals surface area contributed by atoms with E-state index < -0.39 is 11.6 Å². The summed E-state index contributed by atoms with van der Waals surface area (Å²) in [4.78, 5) is 14.0. The lowest BCUT2D eigenvalue weighted by Gasteiger charge is -2.21. The van der Waals surface area contributed by atoms with Gasteiger partial charge in [0.1, 0.15) is 5.82 Å². The number of anilines is 4. The first-order chi connectivity index (χ1) is 17.3. The summed E-state index contributed by atoms with van der Waals surface area (Å²) in [5, 5.41) is 15.4. The van der Waals surface area contributed by atoms with Crippen molar-refractivity contribution in [2.75, 3.05) is 22.5 Å². The molecule has 1 aromatic heterocycles. The van der Waals surface area contributed by atoms with Gasteiger partial charge in [0.25, 0.3) is 0 Å². The number of benzene rings is 3. The summed E-state index contributed by atoms with van der Waals surface area (Å²) in [6, 6.07) is 12.5. The molecule has 0 bridgehead atoms. The van der Waals surface area contributed by atoms with Crippen molar-refractivity contribution in [1.29, 1.82) is 5.41 Å². The molecule has 7 nitrogen and oxygen atoms in total. The zero-order valence-corrected chi connectivity index (χ0v) is 19.7. The average molecular weight is 490 g/mol. The van der Waals surface area contributed by atoms with Crippen molar-refractivity contribution in [3.8, 4) is 11.1 Å². The monoisotopic (exact) mass is 489 g/mol. The first kappa shape index (κ1) is 23.5. The summed E-state index contributed by atoms with van der Waals surface area (Å²) in [6.45, 7) is 2.09. The number of halogens is 2. The third-order valence-electron chi connectivity index (χ3n) is 6.44. The van der Waals surface area contributed by atoms with E-state index in [1.54, 1.807) is 42.2 Å². The number of amides is 1. The Balaban J connectivity index is 1.54. The molecule has 1 aliphatic rings. The molecule has 0 radical (unpaired) electrons. The fourth-order valence-electron chi connectivity index (χ4n) is 4.54. The Morgan fingerprint density at radius 2 is 1.89 bits per heavy atom. The third-order valence-corrected chi connectivity index (χ3v) is 6.44. The van der Waals surface area contributed by atoms with Crippen LogP contribution in [0.25, 0.3) is 22.1 Å². The number of aromatic nitrogens is 1. The minimum atomic E-state index is -0.699. The highest BCUT2D eigenvalue weighted by molar-refractivity contribution is 6.03. The van der Waals surface area contributed by atoms with Crippen molar-refractivity contribution in [2.24, 2.45) is 0 Å². The Morgan fingerprint density at radius 3 is 2.67 bits per heavy atom. The fraction of sp³-hybridized carbons (Fsp3) is 0.222. The van der Waals surface area contributed by atoms with Crippen LogP contribution >= 0.6 is 0 Å². The summed E-state index contributed by atoms with van der Waals surface area (Å²) < 4.78 is 36.3. The van der Waals surface area contributed by atoms with E-state index in [1.165, 1.54) is 18.2 Å². The number of fused-ring (bicyclic) bond motifs is 1. The molecular formula is C27H25F2N5O2. The number of hydrogen-bond donors (Lipinski definition) is 3. The molecule has 36 heavy (non-hydrogen) atoms. The number of carbonyl (C=O) groups is 1. The smallest absolute Gasteiger partial charge is 0.226 e. The number of rotatable bonds is 5. The molecule has 0 unspecified atom stereocenters. The van der Waals surface area contributed by atoms with E-state index >= 15 is 8.78 Å². The van der Waals surface area contributed by atoms with Crippen molar-refractivity contribution >= 4 is 45.5 Å². The standard InChI is InChI=1S/C27H25F2N5O2/c1-15(30)18-9-10-20(19-8-7-17(14-22(19)28)34-12-4-2-3-5-24(34)35)25(29)26(18)32-16-6-11-23-21(13-16)27(31)33-36-23/h6-11,13-14,30,32H,2-5,12H2,1H3,(H2,31,33). The normalized spacial score (nSPS) is 14.2. The third kappa shape index (κ3) is 4.28. The summed E-state index contributed by atoms with van der Waals surface area (Å²) in [7, 11) is 0. The first-order valence-corrected chi connectivity index (χ1v) is 11.7. The summed E-state index contributed by atoms with van der Waals surface area (Å²) in [5.41, 5.74) is 7.92. The van der Waals surface area contributed by atoms with E-state index in [2.05, 4.69) is 10.5 Å². The number of carbonyl (C=O) groups excluding carboxylic acids is 1. The van der Waals surface area contributed by atoms with Gasteiger partial charge >= 0.3 is 0 Å². The Bertz CT molecular complexity index is 1500. The molecule has 3 aromatic carbocycles. The van der Waals surface area contributed by atoms with Crippen LogP contribution in [-0.2, 0) is 4.79 Å². The van der Waals surface area contributed by atoms with Crippen LogP contribution in [0.1, 0.15) is 38.2 Å². The number of nitrogens with zero attached hydrogens (tertiary/aromatic N) is 2. The molecule has 0 spiro atoms. The number of hydrogen-bond acceptors (Lipinski definition) is 6. The van der Waals surface area contributed by atoms with Crippen LogP contribution in [0.15, 0.2) is 53.1 Å². The summed E-state index contributed by atoms with van der Waals surface area (Å²) >= 11 is 0. The van der Waals surface area contributed by atoms with Crippen molar-refractivity contribution in [2.45, 2.75) is 32.6 Å². The number of nitrogens with two attached hydrogens (primary N) is 1. The molecule has 4 aromatic rings. The van der Waals surface area contributed by atoms with Gasteiger partial charge in [0.05, 0.1) is 11.1 Å². The van der Waals surface area contributed by atoms with Gasteiger partial charge in [-0.1, -0.05) is 23.7 Å². The molecule has 2 heterocycles. The Labute approximate surface area is 206 Å². The van der Waals surface area contributed by atoms with E-state index in [-0.39, 0.29) is 34.3 Å². The molecule has 1 aliphatic heterocycles. The molecule has 0 aliphatic carbocycles. The molecule has 1 saturated heterocycles. The lowest BCUT2D eigenvalue weighted by molar-refractivity contribution is -0.118. The van der Waals surface area contributed by atoms with Gasteiger partial charge in [0.2, 0.25) is 5.91 Å². The van der Waals surface area contributed by atoms with Crippen molar-refractivity contribution in [3.63, 3.8) is 0 Å². The van der Waals surface area contributed by atoms with Crippen LogP contribution in [0.5, 0.6) is 0 Å². The van der Waals surface area contributed by atoms with Crippen LogP contribution in [-0.4, -0.2) is 23.3 Å². The highest BCUT2D eigenvalue weighted by Gasteiger charge is 2.22. The molecule has 9 heteroatoms. The Kier molecular flexibility index (Phi) is 6.13. The van der Waals surface area contributed by atoms with Crippen LogP contribution in [0.3, 0.4) is 0 Å².